The first-order chi connectivity index (χ1) is 7.79. The van der Waals surface area contributed by atoms with Gasteiger partial charge in [0.2, 0.25) is 0 Å². The predicted octanol–water partition coefficient (Wildman–Crippen LogP) is 3.61. The van der Waals surface area contributed by atoms with Gasteiger partial charge in [-0.05, 0) is 36.8 Å². The summed E-state index contributed by atoms with van der Waals surface area (Å²) < 4.78 is 0. The average Bonchev–Trinajstić information content (AvgIpc) is 2.32. The molecule has 2 heteroatoms. The summed E-state index contributed by atoms with van der Waals surface area (Å²) in [5.74, 6) is 0. The van der Waals surface area contributed by atoms with E-state index in [0.29, 0.717) is 5.56 Å². The van der Waals surface area contributed by atoms with E-state index in [1.54, 1.807) is 6.07 Å². The minimum Gasteiger partial charge on any atom is -0.355 e. The maximum Gasteiger partial charge on any atom is 0.0992 e. The minimum absolute atomic E-state index is 0.665. The molecular formula is C14H12N2. The second kappa shape index (κ2) is 4.50. The van der Waals surface area contributed by atoms with E-state index in [1.165, 1.54) is 5.56 Å². The third kappa shape index (κ3) is 2.21. The third-order valence-electron chi connectivity index (χ3n) is 2.42. The van der Waals surface area contributed by atoms with Crippen molar-refractivity contribution in [2.24, 2.45) is 0 Å². The van der Waals surface area contributed by atoms with E-state index in [9.17, 15) is 0 Å². The summed E-state index contributed by atoms with van der Waals surface area (Å²) in [5.41, 5.74) is 3.86. The Morgan fingerprint density at radius 3 is 2.62 bits per heavy atom. The van der Waals surface area contributed by atoms with Gasteiger partial charge in [0.1, 0.15) is 0 Å². The highest BCUT2D eigenvalue weighted by Gasteiger charge is 1.98. The van der Waals surface area contributed by atoms with Crippen molar-refractivity contribution < 1.29 is 0 Å². The Balaban J connectivity index is 2.28. The Labute approximate surface area is 95.2 Å². The molecule has 0 amide bonds. The SMILES string of the molecule is Cc1ccccc1Nc1cccc(C#N)c1. The van der Waals surface area contributed by atoms with Crippen molar-refractivity contribution in [3.63, 3.8) is 0 Å². The summed E-state index contributed by atoms with van der Waals surface area (Å²) >= 11 is 0. The van der Waals surface area contributed by atoms with Crippen LogP contribution in [0.25, 0.3) is 0 Å². The van der Waals surface area contributed by atoms with Crippen molar-refractivity contribution >= 4 is 11.4 Å². The number of nitriles is 1. The van der Waals surface area contributed by atoms with E-state index in [1.807, 2.05) is 36.4 Å². The van der Waals surface area contributed by atoms with Crippen molar-refractivity contribution in [2.45, 2.75) is 6.92 Å². The van der Waals surface area contributed by atoms with Gasteiger partial charge in [-0.2, -0.15) is 5.26 Å². The lowest BCUT2D eigenvalue weighted by molar-refractivity contribution is 1.42. The van der Waals surface area contributed by atoms with Crippen LogP contribution in [0.1, 0.15) is 11.1 Å². The molecule has 16 heavy (non-hydrogen) atoms. The first-order valence-corrected chi connectivity index (χ1v) is 5.12. The standard InChI is InChI=1S/C14H12N2/c1-11-5-2-3-8-14(11)16-13-7-4-6-12(9-13)10-15/h2-9,16H,1H3. The number of rotatable bonds is 2. The number of aryl methyl sites for hydroxylation is 1. The molecule has 2 rings (SSSR count). The first kappa shape index (κ1) is 10.3. The molecule has 0 aromatic heterocycles. The van der Waals surface area contributed by atoms with E-state index in [-0.39, 0.29) is 0 Å². The summed E-state index contributed by atoms with van der Waals surface area (Å²) in [4.78, 5) is 0. The Bertz CT molecular complexity index is 538. The lowest BCUT2D eigenvalue weighted by atomic mass is 10.1. The largest absolute Gasteiger partial charge is 0.355 e. The lowest BCUT2D eigenvalue weighted by Crippen LogP contribution is -1.92. The Hall–Kier alpha value is -2.27. The summed E-state index contributed by atoms with van der Waals surface area (Å²) in [7, 11) is 0. The van der Waals surface area contributed by atoms with Gasteiger partial charge in [-0.1, -0.05) is 24.3 Å². The third-order valence-corrected chi connectivity index (χ3v) is 2.42. The predicted molar refractivity (Wildman–Crippen MR) is 65.6 cm³/mol. The van der Waals surface area contributed by atoms with Gasteiger partial charge < -0.3 is 5.32 Å². The van der Waals surface area contributed by atoms with Gasteiger partial charge in [0, 0.05) is 11.4 Å². The fraction of sp³-hybridized carbons (Fsp3) is 0.0714. The van der Waals surface area contributed by atoms with E-state index in [2.05, 4.69) is 24.4 Å². The monoisotopic (exact) mass is 208 g/mol. The van der Waals surface area contributed by atoms with Gasteiger partial charge in [0.25, 0.3) is 0 Å². The van der Waals surface area contributed by atoms with E-state index < -0.39 is 0 Å². The molecule has 0 aliphatic heterocycles. The summed E-state index contributed by atoms with van der Waals surface area (Å²) in [5, 5.41) is 12.1. The van der Waals surface area contributed by atoms with E-state index >= 15 is 0 Å². The highest BCUT2D eigenvalue weighted by Crippen LogP contribution is 2.20. The molecule has 0 bridgehead atoms. The molecule has 0 radical (unpaired) electrons. The number of benzene rings is 2. The molecule has 78 valence electrons. The molecule has 2 nitrogen and oxygen atoms in total. The summed E-state index contributed by atoms with van der Waals surface area (Å²) in [6.07, 6.45) is 0. The highest BCUT2D eigenvalue weighted by atomic mass is 14.9. The van der Waals surface area contributed by atoms with Gasteiger partial charge in [0.15, 0.2) is 0 Å². The van der Waals surface area contributed by atoms with Crippen molar-refractivity contribution in [2.75, 3.05) is 5.32 Å². The van der Waals surface area contributed by atoms with Crippen molar-refractivity contribution in [1.82, 2.24) is 0 Å². The summed E-state index contributed by atoms with van der Waals surface area (Å²) in [6.45, 7) is 2.05. The van der Waals surface area contributed by atoms with Crippen LogP contribution >= 0.6 is 0 Å². The van der Waals surface area contributed by atoms with Crippen LogP contribution in [0.5, 0.6) is 0 Å². The number of hydrogen-bond donors (Lipinski definition) is 1. The molecule has 0 heterocycles. The topological polar surface area (TPSA) is 35.8 Å². The Kier molecular flexibility index (Phi) is 2.88. The van der Waals surface area contributed by atoms with E-state index in [4.69, 9.17) is 5.26 Å². The average molecular weight is 208 g/mol. The van der Waals surface area contributed by atoms with Crippen molar-refractivity contribution in [1.29, 1.82) is 5.26 Å². The lowest BCUT2D eigenvalue weighted by Gasteiger charge is -2.09. The molecule has 0 spiro atoms. The molecule has 0 unspecified atom stereocenters. The fourth-order valence-corrected chi connectivity index (χ4v) is 1.54. The molecule has 2 aromatic rings. The quantitative estimate of drug-likeness (QED) is 0.818. The normalized spacial score (nSPS) is 9.50. The Morgan fingerprint density at radius 2 is 1.88 bits per heavy atom. The van der Waals surface area contributed by atoms with Crippen molar-refractivity contribution in [3.8, 4) is 6.07 Å². The molecular weight excluding hydrogens is 196 g/mol. The van der Waals surface area contributed by atoms with Crippen LogP contribution < -0.4 is 5.32 Å². The zero-order chi connectivity index (χ0) is 11.4. The minimum atomic E-state index is 0.665. The van der Waals surface area contributed by atoms with Crippen LogP contribution in [0.3, 0.4) is 0 Å². The maximum atomic E-state index is 8.80. The molecule has 0 saturated heterocycles. The van der Waals surface area contributed by atoms with Gasteiger partial charge in [-0.3, -0.25) is 0 Å². The second-order valence-corrected chi connectivity index (χ2v) is 3.63. The fourth-order valence-electron chi connectivity index (χ4n) is 1.54. The second-order valence-electron chi connectivity index (χ2n) is 3.63. The van der Waals surface area contributed by atoms with Gasteiger partial charge in [0.05, 0.1) is 11.6 Å². The maximum absolute atomic E-state index is 8.80. The Morgan fingerprint density at radius 1 is 1.06 bits per heavy atom. The number of nitrogens with zero attached hydrogens (tertiary/aromatic N) is 1. The van der Waals surface area contributed by atoms with Gasteiger partial charge in [-0.15, -0.1) is 0 Å². The molecule has 1 N–H and O–H groups in total. The van der Waals surface area contributed by atoms with Crippen LogP contribution in [-0.4, -0.2) is 0 Å². The van der Waals surface area contributed by atoms with E-state index in [0.717, 1.165) is 11.4 Å². The number of hydrogen-bond acceptors (Lipinski definition) is 2. The summed E-state index contributed by atoms with van der Waals surface area (Å²) in [6, 6.07) is 17.7. The molecule has 0 atom stereocenters. The van der Waals surface area contributed by atoms with Gasteiger partial charge >= 0.3 is 0 Å². The smallest absolute Gasteiger partial charge is 0.0992 e. The number of anilines is 2. The zero-order valence-corrected chi connectivity index (χ0v) is 9.07. The molecule has 2 aromatic carbocycles. The highest BCUT2D eigenvalue weighted by molar-refractivity contribution is 5.64. The van der Waals surface area contributed by atoms with Crippen LogP contribution in [0.2, 0.25) is 0 Å². The first-order valence-electron chi connectivity index (χ1n) is 5.12. The molecule has 0 fully saturated rings. The number of para-hydroxylation sites is 1. The molecule has 0 saturated carbocycles. The van der Waals surface area contributed by atoms with Crippen molar-refractivity contribution in [3.05, 3.63) is 59.7 Å². The van der Waals surface area contributed by atoms with Crippen LogP contribution in [-0.2, 0) is 0 Å². The van der Waals surface area contributed by atoms with Crippen LogP contribution in [0, 0.1) is 18.3 Å². The zero-order valence-electron chi connectivity index (χ0n) is 9.07. The molecule has 0 aliphatic rings. The van der Waals surface area contributed by atoms with Crippen LogP contribution in [0.15, 0.2) is 48.5 Å². The number of nitrogens with one attached hydrogen (secondary N) is 1. The van der Waals surface area contributed by atoms with Crippen LogP contribution in [0.4, 0.5) is 11.4 Å². The van der Waals surface area contributed by atoms with Gasteiger partial charge in [-0.25, -0.2) is 0 Å². The molecule has 0 aliphatic carbocycles.